The highest BCUT2D eigenvalue weighted by Crippen LogP contribution is 2.35. The van der Waals surface area contributed by atoms with Crippen molar-refractivity contribution in [3.8, 4) is 0 Å². The van der Waals surface area contributed by atoms with E-state index < -0.39 is 21.8 Å². The first-order valence-electron chi connectivity index (χ1n) is 8.16. The van der Waals surface area contributed by atoms with E-state index in [0.717, 1.165) is 10.5 Å². The Morgan fingerprint density at radius 2 is 1.78 bits per heavy atom. The number of pyridine rings is 1. The Hall–Kier alpha value is -1.65. The van der Waals surface area contributed by atoms with Crippen molar-refractivity contribution in [1.29, 1.82) is 0 Å². The van der Waals surface area contributed by atoms with Gasteiger partial charge in [-0.05, 0) is 29.8 Å². The van der Waals surface area contributed by atoms with Crippen LogP contribution in [0.2, 0.25) is 0 Å². The summed E-state index contributed by atoms with van der Waals surface area (Å²) in [6, 6.07) is 9.25. The number of hydrogen-bond donors (Lipinski definition) is 0. The fraction of sp³-hybridized carbons (Fsp3) is 0.353. The van der Waals surface area contributed by atoms with Gasteiger partial charge in [0.2, 0.25) is 10.0 Å². The highest BCUT2D eigenvalue weighted by atomic mass is 79.9. The lowest BCUT2D eigenvalue weighted by Gasteiger charge is -2.35. The molecule has 0 radical (unpaired) electrons. The first kappa shape index (κ1) is 20.1. The SMILES string of the molecule is O=S(=O)(Cc1cccc(Br)c1)N1CCN(c2ncccc2C(F)(F)F)CC1. The number of rotatable bonds is 4. The predicted octanol–water partition coefficient (Wildman–Crippen LogP) is 3.51. The summed E-state index contributed by atoms with van der Waals surface area (Å²) in [6.07, 6.45) is -3.20. The van der Waals surface area contributed by atoms with Gasteiger partial charge in [-0.2, -0.15) is 17.5 Å². The summed E-state index contributed by atoms with van der Waals surface area (Å²) in [5.74, 6) is -0.307. The van der Waals surface area contributed by atoms with Gasteiger partial charge in [-0.25, -0.2) is 13.4 Å². The number of aromatic nitrogens is 1. The van der Waals surface area contributed by atoms with E-state index in [0.29, 0.717) is 5.56 Å². The molecule has 2 aromatic rings. The average Bonchev–Trinajstić information content (AvgIpc) is 2.61. The van der Waals surface area contributed by atoms with Crippen molar-refractivity contribution in [2.24, 2.45) is 0 Å². The van der Waals surface area contributed by atoms with E-state index in [1.807, 2.05) is 0 Å². The number of benzene rings is 1. The number of piperazine rings is 1. The van der Waals surface area contributed by atoms with Gasteiger partial charge in [0.25, 0.3) is 0 Å². The first-order chi connectivity index (χ1) is 12.7. The lowest BCUT2D eigenvalue weighted by Crippen LogP contribution is -2.49. The summed E-state index contributed by atoms with van der Waals surface area (Å²) in [5, 5.41) is 0. The molecular formula is C17H17BrF3N3O2S. The van der Waals surface area contributed by atoms with Gasteiger partial charge in [-0.15, -0.1) is 0 Å². The number of anilines is 1. The molecule has 5 nitrogen and oxygen atoms in total. The van der Waals surface area contributed by atoms with Crippen LogP contribution in [-0.2, 0) is 22.0 Å². The maximum atomic E-state index is 13.2. The zero-order valence-corrected chi connectivity index (χ0v) is 16.6. The fourth-order valence-corrected chi connectivity index (χ4v) is 4.93. The highest BCUT2D eigenvalue weighted by molar-refractivity contribution is 9.10. The van der Waals surface area contributed by atoms with Crippen LogP contribution in [-0.4, -0.2) is 43.9 Å². The summed E-state index contributed by atoms with van der Waals surface area (Å²) >= 11 is 3.31. The Kier molecular flexibility index (Phi) is 5.78. The molecule has 0 saturated carbocycles. The molecule has 0 N–H and O–H groups in total. The third kappa shape index (κ3) is 4.80. The van der Waals surface area contributed by atoms with Crippen molar-refractivity contribution >= 4 is 31.8 Å². The average molecular weight is 464 g/mol. The van der Waals surface area contributed by atoms with Gasteiger partial charge in [0, 0.05) is 36.8 Å². The van der Waals surface area contributed by atoms with E-state index in [4.69, 9.17) is 0 Å². The molecule has 0 aliphatic carbocycles. The standard InChI is InChI=1S/C17H17BrF3N3O2S/c18-14-4-1-3-13(11-14)12-27(25,26)24-9-7-23(8-10-24)16-15(17(19,20)21)5-2-6-22-16/h1-6,11H,7-10,12H2. The number of hydrogen-bond acceptors (Lipinski definition) is 4. The number of sulfonamides is 1. The van der Waals surface area contributed by atoms with Crippen LogP contribution in [0.5, 0.6) is 0 Å². The normalized spacial score (nSPS) is 16.5. The third-order valence-electron chi connectivity index (χ3n) is 4.26. The van der Waals surface area contributed by atoms with Crippen molar-refractivity contribution in [3.63, 3.8) is 0 Å². The van der Waals surface area contributed by atoms with Gasteiger partial charge in [0.15, 0.2) is 0 Å². The van der Waals surface area contributed by atoms with Gasteiger partial charge in [0.1, 0.15) is 5.82 Å². The van der Waals surface area contributed by atoms with Crippen LogP contribution < -0.4 is 4.90 Å². The van der Waals surface area contributed by atoms with Crippen molar-refractivity contribution in [2.75, 3.05) is 31.1 Å². The van der Waals surface area contributed by atoms with E-state index in [2.05, 4.69) is 20.9 Å². The van der Waals surface area contributed by atoms with Crippen LogP contribution in [0.1, 0.15) is 11.1 Å². The Bertz CT molecular complexity index is 914. The van der Waals surface area contributed by atoms with Crippen LogP contribution in [0.3, 0.4) is 0 Å². The maximum Gasteiger partial charge on any atom is 0.419 e. The molecule has 27 heavy (non-hydrogen) atoms. The predicted molar refractivity (Wildman–Crippen MR) is 99.8 cm³/mol. The maximum absolute atomic E-state index is 13.2. The molecule has 1 aromatic heterocycles. The molecule has 2 heterocycles. The van der Waals surface area contributed by atoms with Gasteiger partial charge in [0.05, 0.1) is 11.3 Å². The largest absolute Gasteiger partial charge is 0.419 e. The summed E-state index contributed by atoms with van der Waals surface area (Å²) in [4.78, 5) is 5.35. The molecule has 1 aromatic carbocycles. The molecule has 0 amide bonds. The zero-order valence-electron chi connectivity index (χ0n) is 14.2. The van der Waals surface area contributed by atoms with Crippen molar-refractivity contribution in [2.45, 2.75) is 11.9 Å². The minimum Gasteiger partial charge on any atom is -0.353 e. The minimum atomic E-state index is -4.51. The number of halogens is 4. The highest BCUT2D eigenvalue weighted by Gasteiger charge is 2.37. The molecule has 0 spiro atoms. The molecule has 146 valence electrons. The second kappa shape index (κ2) is 7.76. The van der Waals surface area contributed by atoms with Crippen LogP contribution >= 0.6 is 15.9 Å². The van der Waals surface area contributed by atoms with Gasteiger partial charge >= 0.3 is 6.18 Å². The lowest BCUT2D eigenvalue weighted by atomic mass is 10.2. The summed E-state index contributed by atoms with van der Waals surface area (Å²) < 4.78 is 66.9. The number of nitrogens with zero attached hydrogens (tertiary/aromatic N) is 3. The number of alkyl halides is 3. The smallest absolute Gasteiger partial charge is 0.353 e. The topological polar surface area (TPSA) is 53.5 Å². The van der Waals surface area contributed by atoms with E-state index in [9.17, 15) is 21.6 Å². The molecule has 1 aliphatic heterocycles. The zero-order chi connectivity index (χ0) is 19.7. The van der Waals surface area contributed by atoms with Crippen LogP contribution in [0.25, 0.3) is 0 Å². The van der Waals surface area contributed by atoms with Gasteiger partial charge in [-0.1, -0.05) is 28.1 Å². The molecular weight excluding hydrogens is 447 g/mol. The summed E-state index contributed by atoms with van der Waals surface area (Å²) in [5.41, 5.74) is -0.161. The van der Waals surface area contributed by atoms with E-state index >= 15 is 0 Å². The lowest BCUT2D eigenvalue weighted by molar-refractivity contribution is -0.137. The van der Waals surface area contributed by atoms with Gasteiger partial charge in [-0.3, -0.25) is 0 Å². The molecule has 10 heteroatoms. The molecule has 0 bridgehead atoms. The quantitative estimate of drug-likeness (QED) is 0.695. The van der Waals surface area contributed by atoms with Crippen molar-refractivity contribution in [3.05, 3.63) is 58.2 Å². The fourth-order valence-electron chi connectivity index (χ4n) is 2.98. The monoisotopic (exact) mass is 463 g/mol. The summed E-state index contributed by atoms with van der Waals surface area (Å²) in [7, 11) is -3.55. The summed E-state index contributed by atoms with van der Waals surface area (Å²) in [6.45, 7) is 0.532. The van der Waals surface area contributed by atoms with Crippen LogP contribution in [0.15, 0.2) is 47.1 Å². The second-order valence-corrected chi connectivity index (χ2v) is 9.03. The Morgan fingerprint density at radius 3 is 2.41 bits per heavy atom. The Morgan fingerprint density at radius 1 is 1.07 bits per heavy atom. The van der Waals surface area contributed by atoms with E-state index in [-0.39, 0.29) is 37.7 Å². The molecule has 3 rings (SSSR count). The molecule has 1 saturated heterocycles. The van der Waals surface area contributed by atoms with Crippen molar-refractivity contribution in [1.82, 2.24) is 9.29 Å². The van der Waals surface area contributed by atoms with E-state index in [1.165, 1.54) is 21.5 Å². The van der Waals surface area contributed by atoms with Crippen molar-refractivity contribution < 1.29 is 21.6 Å². The van der Waals surface area contributed by atoms with E-state index in [1.54, 1.807) is 24.3 Å². The molecule has 0 atom stereocenters. The Balaban J connectivity index is 1.70. The third-order valence-corrected chi connectivity index (χ3v) is 6.61. The van der Waals surface area contributed by atoms with Crippen LogP contribution in [0.4, 0.5) is 19.0 Å². The Labute approximate surface area is 164 Å². The molecule has 0 unspecified atom stereocenters. The van der Waals surface area contributed by atoms with Crippen LogP contribution in [0, 0.1) is 0 Å². The second-order valence-electron chi connectivity index (χ2n) is 6.14. The minimum absolute atomic E-state index is 0.115. The molecule has 1 aliphatic rings. The van der Waals surface area contributed by atoms with Gasteiger partial charge < -0.3 is 4.90 Å². The molecule has 1 fully saturated rings. The first-order valence-corrected chi connectivity index (χ1v) is 10.6.